The van der Waals surface area contributed by atoms with Crippen molar-refractivity contribution < 1.29 is 28.6 Å². The fraction of sp³-hybridized carbons (Fsp3) is 0.632. The van der Waals surface area contributed by atoms with Crippen LogP contribution in [-0.4, -0.2) is 37.2 Å². The largest absolute Gasteiger partial charge is 0.462 e. The first-order chi connectivity index (χ1) is 31.0. The predicted octanol–water partition coefficient (Wildman–Crippen LogP) is 16.8. The first-order valence-electron chi connectivity index (χ1n) is 25.4. The second kappa shape index (κ2) is 50.7. The third-order valence-electron chi connectivity index (χ3n) is 10.2. The van der Waals surface area contributed by atoms with Crippen LogP contribution in [-0.2, 0) is 28.6 Å². The zero-order valence-corrected chi connectivity index (χ0v) is 40.5. The van der Waals surface area contributed by atoms with Gasteiger partial charge >= 0.3 is 17.9 Å². The van der Waals surface area contributed by atoms with Gasteiger partial charge in [0.15, 0.2) is 6.10 Å². The van der Waals surface area contributed by atoms with E-state index in [9.17, 15) is 14.4 Å². The van der Waals surface area contributed by atoms with E-state index < -0.39 is 6.10 Å². The van der Waals surface area contributed by atoms with E-state index in [1.54, 1.807) is 0 Å². The molecule has 0 unspecified atom stereocenters. The molecule has 0 fully saturated rings. The summed E-state index contributed by atoms with van der Waals surface area (Å²) in [5.74, 6) is -0.987. The Bertz CT molecular complexity index is 1330. The molecule has 0 aliphatic heterocycles. The van der Waals surface area contributed by atoms with E-state index in [0.717, 1.165) is 148 Å². The van der Waals surface area contributed by atoms with Crippen molar-refractivity contribution in [2.45, 2.75) is 219 Å². The van der Waals surface area contributed by atoms with E-state index in [4.69, 9.17) is 14.2 Å². The molecule has 6 nitrogen and oxygen atoms in total. The van der Waals surface area contributed by atoms with Gasteiger partial charge in [-0.1, -0.05) is 182 Å². The first-order valence-corrected chi connectivity index (χ1v) is 25.4. The summed E-state index contributed by atoms with van der Waals surface area (Å²) in [4.78, 5) is 38.0. The van der Waals surface area contributed by atoms with Crippen LogP contribution in [0.15, 0.2) is 109 Å². The Labute approximate surface area is 387 Å². The van der Waals surface area contributed by atoms with Crippen LogP contribution in [0.5, 0.6) is 0 Å². The van der Waals surface area contributed by atoms with Gasteiger partial charge < -0.3 is 14.2 Å². The Kier molecular flexibility index (Phi) is 47.5. The van der Waals surface area contributed by atoms with E-state index in [-0.39, 0.29) is 31.1 Å². The highest BCUT2D eigenvalue weighted by Crippen LogP contribution is 2.12. The average molecular weight is 873 g/mol. The third kappa shape index (κ3) is 49.0. The second-order valence-corrected chi connectivity index (χ2v) is 16.3. The highest BCUT2D eigenvalue weighted by atomic mass is 16.6. The molecule has 0 N–H and O–H groups in total. The van der Waals surface area contributed by atoms with Crippen LogP contribution < -0.4 is 0 Å². The van der Waals surface area contributed by atoms with Crippen LogP contribution in [0.3, 0.4) is 0 Å². The summed E-state index contributed by atoms with van der Waals surface area (Å²) in [5, 5.41) is 0. The summed E-state index contributed by atoms with van der Waals surface area (Å²) in [7, 11) is 0. The Balaban J connectivity index is 4.53. The lowest BCUT2D eigenvalue weighted by Gasteiger charge is -2.18. The fourth-order valence-corrected chi connectivity index (χ4v) is 6.48. The van der Waals surface area contributed by atoms with Gasteiger partial charge in [0, 0.05) is 19.3 Å². The van der Waals surface area contributed by atoms with Crippen molar-refractivity contribution in [3.8, 4) is 0 Å². The molecule has 0 saturated heterocycles. The number of hydrogen-bond donors (Lipinski definition) is 0. The lowest BCUT2D eigenvalue weighted by atomic mass is 10.1. The first kappa shape index (κ1) is 59.1. The number of hydrogen-bond acceptors (Lipinski definition) is 6. The van der Waals surface area contributed by atoms with E-state index in [0.29, 0.717) is 19.3 Å². The Morgan fingerprint density at radius 1 is 0.333 bits per heavy atom. The SMILES string of the molecule is CC/C=C\C/C=C\C/C=C\CCCCCCCC(=O)OC[C@H](COC(=O)CCCC/C=C\C/C=C\C/C=C\CCCCC)OC(=O)CCCCCCC/C=C\C/C=C\C/C=C\CC. The maximum absolute atomic E-state index is 12.8. The minimum absolute atomic E-state index is 0.109. The number of ether oxygens (including phenoxy) is 3. The Hall–Kier alpha value is -3.93. The van der Waals surface area contributed by atoms with Gasteiger partial charge in [0.1, 0.15) is 13.2 Å². The molecule has 356 valence electrons. The zero-order valence-electron chi connectivity index (χ0n) is 40.5. The molecule has 0 aliphatic carbocycles. The highest BCUT2D eigenvalue weighted by molar-refractivity contribution is 5.71. The molecule has 0 rings (SSSR count). The van der Waals surface area contributed by atoms with Crippen LogP contribution in [0.25, 0.3) is 0 Å². The van der Waals surface area contributed by atoms with Gasteiger partial charge in [-0.15, -0.1) is 0 Å². The molecule has 0 radical (unpaired) electrons. The summed E-state index contributed by atoms with van der Waals surface area (Å²) in [6.07, 6.45) is 67.8. The molecule has 0 spiro atoms. The predicted molar refractivity (Wildman–Crippen MR) is 270 cm³/mol. The summed E-state index contributed by atoms with van der Waals surface area (Å²) in [5.41, 5.74) is 0. The van der Waals surface area contributed by atoms with Crippen molar-refractivity contribution in [2.75, 3.05) is 13.2 Å². The molecule has 1 atom stereocenters. The normalized spacial score (nSPS) is 13.0. The number of carbonyl (C=O) groups excluding carboxylic acids is 3. The Morgan fingerprint density at radius 3 is 1.00 bits per heavy atom. The van der Waals surface area contributed by atoms with Gasteiger partial charge in [0.25, 0.3) is 0 Å². The highest BCUT2D eigenvalue weighted by Gasteiger charge is 2.19. The number of esters is 3. The second-order valence-electron chi connectivity index (χ2n) is 16.3. The topological polar surface area (TPSA) is 78.9 Å². The summed E-state index contributed by atoms with van der Waals surface area (Å²) in [6.45, 7) is 6.30. The van der Waals surface area contributed by atoms with E-state index >= 15 is 0 Å². The molecule has 0 aromatic heterocycles. The van der Waals surface area contributed by atoms with Crippen molar-refractivity contribution >= 4 is 17.9 Å². The van der Waals surface area contributed by atoms with E-state index in [2.05, 4.69) is 130 Å². The van der Waals surface area contributed by atoms with Gasteiger partial charge in [-0.05, 0) is 122 Å². The van der Waals surface area contributed by atoms with Crippen molar-refractivity contribution in [3.05, 3.63) is 109 Å². The molecule has 0 aliphatic rings. The molecular formula is C57H92O6. The van der Waals surface area contributed by atoms with Crippen LogP contribution in [0.1, 0.15) is 213 Å². The maximum atomic E-state index is 12.8. The third-order valence-corrected chi connectivity index (χ3v) is 10.2. The van der Waals surface area contributed by atoms with Gasteiger partial charge in [0.2, 0.25) is 0 Å². The number of rotatable bonds is 44. The number of allylic oxidation sites excluding steroid dienone is 18. The monoisotopic (exact) mass is 873 g/mol. The van der Waals surface area contributed by atoms with Crippen molar-refractivity contribution in [1.29, 1.82) is 0 Å². The average Bonchev–Trinajstić information content (AvgIpc) is 3.28. The van der Waals surface area contributed by atoms with Crippen molar-refractivity contribution in [1.82, 2.24) is 0 Å². The van der Waals surface area contributed by atoms with Crippen LogP contribution in [0.2, 0.25) is 0 Å². The van der Waals surface area contributed by atoms with Crippen LogP contribution in [0, 0.1) is 0 Å². The number of carbonyl (C=O) groups is 3. The van der Waals surface area contributed by atoms with Crippen LogP contribution in [0.4, 0.5) is 0 Å². The van der Waals surface area contributed by atoms with E-state index in [1.807, 2.05) is 0 Å². The minimum Gasteiger partial charge on any atom is -0.462 e. The van der Waals surface area contributed by atoms with Crippen LogP contribution >= 0.6 is 0 Å². The minimum atomic E-state index is -0.811. The van der Waals surface area contributed by atoms with Crippen molar-refractivity contribution in [2.24, 2.45) is 0 Å². The molecule has 6 heteroatoms. The molecule has 0 aromatic carbocycles. The quantitative estimate of drug-likeness (QED) is 0.0263. The molecule has 0 heterocycles. The molecule has 63 heavy (non-hydrogen) atoms. The van der Waals surface area contributed by atoms with Gasteiger partial charge in [0.05, 0.1) is 0 Å². The fourth-order valence-electron chi connectivity index (χ4n) is 6.48. The summed E-state index contributed by atoms with van der Waals surface area (Å²) >= 11 is 0. The number of unbranched alkanes of at least 4 members (excludes halogenated alkanes) is 15. The lowest BCUT2D eigenvalue weighted by Crippen LogP contribution is -2.30. The van der Waals surface area contributed by atoms with Crippen molar-refractivity contribution in [3.63, 3.8) is 0 Å². The lowest BCUT2D eigenvalue weighted by molar-refractivity contribution is -0.167. The summed E-state index contributed by atoms with van der Waals surface area (Å²) in [6, 6.07) is 0. The molecule has 0 bridgehead atoms. The summed E-state index contributed by atoms with van der Waals surface area (Å²) < 4.78 is 16.7. The molecule has 0 amide bonds. The maximum Gasteiger partial charge on any atom is 0.306 e. The molecule has 0 aromatic rings. The van der Waals surface area contributed by atoms with E-state index in [1.165, 1.54) is 25.7 Å². The van der Waals surface area contributed by atoms with Gasteiger partial charge in [-0.25, -0.2) is 0 Å². The smallest absolute Gasteiger partial charge is 0.306 e. The Morgan fingerprint density at radius 2 is 0.619 bits per heavy atom. The standard InChI is InChI=1S/C57H92O6/c1-4-7-10-13-16-19-22-25-28-31-34-37-40-43-46-49-55(58)61-52-54(63-57(60)51-48-45-42-39-36-33-30-27-24-21-18-15-12-9-6-3)53-62-56(59)50-47-44-41-38-35-32-29-26-23-20-17-14-11-8-5-2/h7,9-10,12,16-21,25-30,35,38,54H,4-6,8,11,13-15,22-24,31-34,36-37,39-53H2,1-3H3/b10-7-,12-9-,19-16-,20-17-,21-18-,28-25-,29-26-,30-27-,38-35-/t54-/m1/s1. The zero-order chi connectivity index (χ0) is 45.8. The van der Waals surface area contributed by atoms with Gasteiger partial charge in [-0.3, -0.25) is 14.4 Å². The molecular weight excluding hydrogens is 781 g/mol. The molecule has 0 saturated carbocycles. The van der Waals surface area contributed by atoms with Gasteiger partial charge in [-0.2, -0.15) is 0 Å².